The topological polar surface area (TPSA) is 188 Å². The standard InChI is InChI=1S/C22H32N4O7/c1-12(2)18(22(32)33)26-20(30)15(9-10-17(27)28)24-21(31)16(25-19(29)13(3)23)11-14-7-5-4-6-8-14/h4-8,12-13,15-16,18H,9-11,23H2,1-3H3,(H,24,31)(H,25,29)(H,26,30)(H,27,28)(H,32,33). The van der Waals surface area contributed by atoms with Crippen molar-refractivity contribution in [1.82, 2.24) is 16.0 Å². The number of amides is 3. The van der Waals surface area contributed by atoms with E-state index in [0.29, 0.717) is 0 Å². The Labute approximate surface area is 192 Å². The normalized spacial score (nSPS) is 14.5. The number of rotatable bonds is 13. The first-order chi connectivity index (χ1) is 15.4. The van der Waals surface area contributed by atoms with Crippen LogP contribution in [0.15, 0.2) is 30.3 Å². The average molecular weight is 465 g/mol. The van der Waals surface area contributed by atoms with Crippen molar-refractivity contribution in [2.24, 2.45) is 11.7 Å². The zero-order valence-corrected chi connectivity index (χ0v) is 18.9. The van der Waals surface area contributed by atoms with E-state index in [9.17, 15) is 29.1 Å². The van der Waals surface area contributed by atoms with Crippen molar-refractivity contribution in [2.75, 3.05) is 0 Å². The summed E-state index contributed by atoms with van der Waals surface area (Å²) in [5.41, 5.74) is 6.33. The van der Waals surface area contributed by atoms with Crippen molar-refractivity contribution < 1.29 is 34.2 Å². The Morgan fingerprint density at radius 1 is 0.848 bits per heavy atom. The fourth-order valence-electron chi connectivity index (χ4n) is 2.94. The molecule has 4 unspecified atom stereocenters. The Kier molecular flexibility index (Phi) is 11.0. The van der Waals surface area contributed by atoms with Crippen molar-refractivity contribution in [3.63, 3.8) is 0 Å². The number of carbonyl (C=O) groups is 5. The van der Waals surface area contributed by atoms with Crippen molar-refractivity contribution in [3.8, 4) is 0 Å². The molecule has 0 radical (unpaired) electrons. The second-order valence-electron chi connectivity index (χ2n) is 8.10. The number of carboxylic acid groups (broad SMARTS) is 2. The minimum atomic E-state index is -1.32. The summed E-state index contributed by atoms with van der Waals surface area (Å²) in [7, 11) is 0. The third-order valence-corrected chi connectivity index (χ3v) is 4.84. The highest BCUT2D eigenvalue weighted by molar-refractivity contribution is 5.94. The molecule has 0 fully saturated rings. The molecule has 0 aliphatic heterocycles. The lowest BCUT2D eigenvalue weighted by Crippen LogP contribution is -2.58. The molecule has 7 N–H and O–H groups in total. The molecule has 0 aliphatic carbocycles. The van der Waals surface area contributed by atoms with Crippen LogP contribution in [0.2, 0.25) is 0 Å². The minimum absolute atomic E-state index is 0.0994. The monoisotopic (exact) mass is 464 g/mol. The third-order valence-electron chi connectivity index (χ3n) is 4.84. The van der Waals surface area contributed by atoms with Gasteiger partial charge in [-0.25, -0.2) is 4.79 Å². The van der Waals surface area contributed by atoms with E-state index in [1.165, 1.54) is 6.92 Å². The molecule has 0 saturated heterocycles. The van der Waals surface area contributed by atoms with E-state index in [4.69, 9.17) is 10.8 Å². The van der Waals surface area contributed by atoms with E-state index < -0.39 is 66.2 Å². The van der Waals surface area contributed by atoms with Gasteiger partial charge in [0.25, 0.3) is 0 Å². The summed E-state index contributed by atoms with van der Waals surface area (Å²) < 4.78 is 0. The molecule has 4 atom stereocenters. The highest BCUT2D eigenvalue weighted by atomic mass is 16.4. The number of aliphatic carboxylic acids is 2. The molecule has 1 rings (SSSR count). The number of carbonyl (C=O) groups excluding carboxylic acids is 3. The molecule has 1 aromatic carbocycles. The molecule has 1 aromatic rings. The van der Waals surface area contributed by atoms with Crippen LogP contribution < -0.4 is 21.7 Å². The molecule has 0 aromatic heterocycles. The molecule has 3 amide bonds. The van der Waals surface area contributed by atoms with Crippen molar-refractivity contribution in [3.05, 3.63) is 35.9 Å². The van der Waals surface area contributed by atoms with Crippen LogP contribution in [0.3, 0.4) is 0 Å². The van der Waals surface area contributed by atoms with Gasteiger partial charge in [0.05, 0.1) is 6.04 Å². The molecule has 0 saturated carbocycles. The summed E-state index contributed by atoms with van der Waals surface area (Å²) in [6.07, 6.45) is -0.605. The van der Waals surface area contributed by atoms with Gasteiger partial charge in [-0.2, -0.15) is 0 Å². The van der Waals surface area contributed by atoms with Crippen LogP contribution in [0.5, 0.6) is 0 Å². The van der Waals surface area contributed by atoms with Crippen molar-refractivity contribution >= 4 is 29.7 Å². The molecule has 11 heteroatoms. The lowest BCUT2D eigenvalue weighted by molar-refractivity contribution is -0.144. The van der Waals surface area contributed by atoms with E-state index in [1.807, 2.05) is 0 Å². The number of nitrogens with two attached hydrogens (primary N) is 1. The molecular formula is C22H32N4O7. The van der Waals surface area contributed by atoms with Crippen LogP contribution in [0.25, 0.3) is 0 Å². The van der Waals surface area contributed by atoms with E-state index in [-0.39, 0.29) is 12.8 Å². The second kappa shape index (κ2) is 13.2. The largest absolute Gasteiger partial charge is 0.481 e. The highest BCUT2D eigenvalue weighted by Crippen LogP contribution is 2.08. The predicted molar refractivity (Wildman–Crippen MR) is 119 cm³/mol. The van der Waals surface area contributed by atoms with Crippen LogP contribution >= 0.6 is 0 Å². The zero-order valence-electron chi connectivity index (χ0n) is 18.9. The second-order valence-corrected chi connectivity index (χ2v) is 8.10. The van der Waals surface area contributed by atoms with Crippen molar-refractivity contribution in [1.29, 1.82) is 0 Å². The van der Waals surface area contributed by atoms with Crippen LogP contribution in [-0.2, 0) is 30.4 Å². The molecule has 0 heterocycles. The lowest BCUT2D eigenvalue weighted by atomic mass is 10.0. The van der Waals surface area contributed by atoms with Gasteiger partial charge in [0.1, 0.15) is 18.1 Å². The van der Waals surface area contributed by atoms with Gasteiger partial charge >= 0.3 is 11.9 Å². The Bertz CT molecular complexity index is 842. The van der Waals surface area contributed by atoms with Crippen LogP contribution in [0.4, 0.5) is 0 Å². The number of nitrogens with one attached hydrogen (secondary N) is 3. The van der Waals surface area contributed by atoms with Crippen molar-refractivity contribution in [2.45, 2.75) is 64.2 Å². The first-order valence-electron chi connectivity index (χ1n) is 10.6. The van der Waals surface area contributed by atoms with E-state index >= 15 is 0 Å². The Morgan fingerprint density at radius 3 is 1.88 bits per heavy atom. The number of hydrogen-bond donors (Lipinski definition) is 6. The molecule has 11 nitrogen and oxygen atoms in total. The quantitative estimate of drug-likeness (QED) is 0.228. The highest BCUT2D eigenvalue weighted by Gasteiger charge is 2.31. The van der Waals surface area contributed by atoms with Gasteiger partial charge in [0.2, 0.25) is 17.7 Å². The Morgan fingerprint density at radius 2 is 1.39 bits per heavy atom. The van der Waals surface area contributed by atoms with Gasteiger partial charge < -0.3 is 31.9 Å². The van der Waals surface area contributed by atoms with Gasteiger partial charge in [-0.15, -0.1) is 0 Å². The average Bonchev–Trinajstić information content (AvgIpc) is 2.73. The zero-order chi connectivity index (χ0) is 25.1. The van der Waals surface area contributed by atoms with Gasteiger partial charge in [-0.1, -0.05) is 44.2 Å². The van der Waals surface area contributed by atoms with Crippen LogP contribution in [-0.4, -0.2) is 64.0 Å². The molecule has 0 aliphatic rings. The van der Waals surface area contributed by atoms with E-state index in [1.54, 1.807) is 44.2 Å². The molecule has 0 spiro atoms. The number of hydrogen-bond acceptors (Lipinski definition) is 6. The summed E-state index contributed by atoms with van der Waals surface area (Å²) in [6.45, 7) is 4.65. The summed E-state index contributed by atoms with van der Waals surface area (Å²) in [6, 6.07) is 4.31. The number of benzene rings is 1. The van der Waals surface area contributed by atoms with Crippen LogP contribution in [0, 0.1) is 5.92 Å². The first kappa shape index (κ1) is 27.6. The van der Waals surface area contributed by atoms with E-state index in [2.05, 4.69) is 16.0 Å². The first-order valence-corrected chi connectivity index (χ1v) is 10.6. The van der Waals surface area contributed by atoms with Gasteiger partial charge in [-0.05, 0) is 24.8 Å². The van der Waals surface area contributed by atoms with Gasteiger partial charge in [0, 0.05) is 12.8 Å². The maximum absolute atomic E-state index is 13.0. The number of carboxylic acids is 2. The maximum Gasteiger partial charge on any atom is 0.326 e. The summed E-state index contributed by atoms with van der Waals surface area (Å²) in [5, 5.41) is 25.7. The lowest BCUT2D eigenvalue weighted by Gasteiger charge is -2.25. The minimum Gasteiger partial charge on any atom is -0.481 e. The smallest absolute Gasteiger partial charge is 0.326 e. The maximum atomic E-state index is 13.0. The predicted octanol–water partition coefficient (Wildman–Crippen LogP) is -0.364. The summed E-state index contributed by atoms with van der Waals surface area (Å²) in [4.78, 5) is 60.3. The Balaban J connectivity index is 3.08. The summed E-state index contributed by atoms with van der Waals surface area (Å²) >= 11 is 0. The fourth-order valence-corrected chi connectivity index (χ4v) is 2.94. The molecule has 0 bridgehead atoms. The SMILES string of the molecule is CC(N)C(=O)NC(Cc1ccccc1)C(=O)NC(CCC(=O)O)C(=O)NC(C(=O)O)C(C)C. The van der Waals surface area contributed by atoms with Gasteiger partial charge in [0.15, 0.2) is 0 Å². The molecule has 182 valence electrons. The third kappa shape index (κ3) is 9.69. The fraction of sp³-hybridized carbons (Fsp3) is 0.500. The van der Waals surface area contributed by atoms with Gasteiger partial charge in [-0.3, -0.25) is 19.2 Å². The molecular weight excluding hydrogens is 432 g/mol. The molecule has 33 heavy (non-hydrogen) atoms. The Hall–Kier alpha value is -3.47. The summed E-state index contributed by atoms with van der Waals surface area (Å²) in [5.74, 6) is -5.03. The van der Waals surface area contributed by atoms with Crippen LogP contribution in [0.1, 0.15) is 39.2 Å². The van der Waals surface area contributed by atoms with E-state index in [0.717, 1.165) is 5.56 Å².